The lowest BCUT2D eigenvalue weighted by molar-refractivity contribution is -0.137. The van der Waals surface area contributed by atoms with Crippen molar-refractivity contribution in [2.75, 3.05) is 20.2 Å². The summed E-state index contributed by atoms with van der Waals surface area (Å²) < 4.78 is 50.2. The van der Waals surface area contributed by atoms with Crippen LogP contribution in [0.4, 0.5) is 13.2 Å². The maximum absolute atomic E-state index is 13.0. The van der Waals surface area contributed by atoms with Gasteiger partial charge in [0, 0.05) is 18.5 Å². The predicted molar refractivity (Wildman–Crippen MR) is 103 cm³/mol. The monoisotopic (exact) mass is 409 g/mol. The molecule has 0 saturated carbocycles. The number of hydrogen-bond donors (Lipinski definition) is 1. The van der Waals surface area contributed by atoms with E-state index in [0.29, 0.717) is 23.1 Å². The van der Waals surface area contributed by atoms with E-state index < -0.39 is 17.8 Å². The highest BCUT2D eigenvalue weighted by molar-refractivity contribution is 5.69. The molecule has 2 aliphatic heterocycles. The van der Waals surface area contributed by atoms with Gasteiger partial charge in [0.2, 0.25) is 0 Å². The van der Waals surface area contributed by atoms with Gasteiger partial charge in [0.1, 0.15) is 23.4 Å². The zero-order valence-electron chi connectivity index (χ0n) is 16.6. The number of aliphatic hydroxyl groups is 1. The molecule has 158 valence electrons. The van der Waals surface area contributed by atoms with Gasteiger partial charge >= 0.3 is 6.18 Å². The molecule has 0 bridgehead atoms. The van der Waals surface area contributed by atoms with E-state index in [9.17, 15) is 18.3 Å². The van der Waals surface area contributed by atoms with Gasteiger partial charge in [0.25, 0.3) is 0 Å². The number of alkyl halides is 3. The molecule has 7 heteroatoms. The molecule has 2 aliphatic rings. The van der Waals surface area contributed by atoms with Gasteiger partial charge in [-0.2, -0.15) is 13.2 Å². The molecule has 29 heavy (non-hydrogen) atoms. The lowest BCUT2D eigenvalue weighted by atomic mass is 9.88. The maximum Gasteiger partial charge on any atom is 0.416 e. The van der Waals surface area contributed by atoms with E-state index in [4.69, 9.17) is 9.15 Å². The average Bonchev–Trinajstić information content (AvgIpc) is 3.31. The van der Waals surface area contributed by atoms with E-state index in [-0.39, 0.29) is 11.7 Å². The number of rotatable bonds is 4. The number of furan rings is 1. The van der Waals surface area contributed by atoms with Crippen molar-refractivity contribution < 1.29 is 27.4 Å². The van der Waals surface area contributed by atoms with Crippen molar-refractivity contribution in [1.82, 2.24) is 4.90 Å². The Morgan fingerprint density at radius 2 is 2.00 bits per heavy atom. The van der Waals surface area contributed by atoms with Gasteiger partial charge in [-0.3, -0.25) is 4.90 Å². The minimum Gasteiger partial charge on any atom is -0.496 e. The highest BCUT2D eigenvalue weighted by Gasteiger charge is 2.36. The van der Waals surface area contributed by atoms with Gasteiger partial charge in [-0.1, -0.05) is 0 Å². The summed E-state index contributed by atoms with van der Waals surface area (Å²) in [5.41, 5.74) is 0.427. The zero-order valence-corrected chi connectivity index (χ0v) is 16.6. The second-order valence-electron chi connectivity index (χ2n) is 8.15. The van der Waals surface area contributed by atoms with Crippen molar-refractivity contribution in [1.29, 1.82) is 0 Å². The number of aryl methyl sites for hydroxylation is 1. The molecule has 3 heterocycles. The Balaban J connectivity index is 1.59. The van der Waals surface area contributed by atoms with Crippen LogP contribution >= 0.6 is 0 Å². The normalized spacial score (nSPS) is 23.8. The zero-order chi connectivity index (χ0) is 20.8. The first-order valence-corrected chi connectivity index (χ1v) is 10.1. The molecule has 1 aromatic heterocycles. The average molecular weight is 409 g/mol. The fraction of sp³-hybridized carbons (Fsp3) is 0.545. The molecule has 3 unspecified atom stereocenters. The topological polar surface area (TPSA) is 45.8 Å². The highest BCUT2D eigenvalue weighted by Crippen LogP contribution is 2.42. The molecule has 0 radical (unpaired) electrons. The summed E-state index contributed by atoms with van der Waals surface area (Å²) in [6.45, 7) is 3.76. The molecule has 4 nitrogen and oxygen atoms in total. The van der Waals surface area contributed by atoms with Crippen molar-refractivity contribution in [3.8, 4) is 17.1 Å². The van der Waals surface area contributed by atoms with Gasteiger partial charge < -0.3 is 14.3 Å². The number of piperidine rings is 1. The van der Waals surface area contributed by atoms with E-state index in [0.717, 1.165) is 43.6 Å². The van der Waals surface area contributed by atoms with Gasteiger partial charge in [-0.15, -0.1) is 0 Å². The minimum atomic E-state index is -4.44. The maximum atomic E-state index is 13.0. The Hall–Kier alpha value is -1.99. The van der Waals surface area contributed by atoms with Crippen LogP contribution in [0.1, 0.15) is 48.7 Å². The third-order valence-corrected chi connectivity index (χ3v) is 6.29. The van der Waals surface area contributed by atoms with Gasteiger partial charge in [0.15, 0.2) is 0 Å². The first-order chi connectivity index (χ1) is 13.8. The van der Waals surface area contributed by atoms with Crippen LogP contribution in [0.2, 0.25) is 0 Å². The summed E-state index contributed by atoms with van der Waals surface area (Å²) in [4.78, 5) is 2.45. The standard InChI is InChI=1S/C22H26F3NO3/c1-13-10-19(20(27)14-5-7-16-4-3-9-26(16)12-14)29-21(13)17-8-6-15(22(23,24)25)11-18(17)28-2/h6,8,10-11,14,16,20,27H,3-5,7,9,12H2,1-2H3. The van der Waals surface area contributed by atoms with Crippen LogP contribution in [0.25, 0.3) is 11.3 Å². The van der Waals surface area contributed by atoms with Gasteiger partial charge in [0.05, 0.1) is 18.2 Å². The van der Waals surface area contributed by atoms with Crippen LogP contribution in [-0.4, -0.2) is 36.2 Å². The number of ether oxygens (including phenoxy) is 1. The Labute approximate surface area is 168 Å². The van der Waals surface area contributed by atoms with Crippen LogP contribution in [0.5, 0.6) is 5.75 Å². The lowest BCUT2D eigenvalue weighted by Gasteiger charge is -2.36. The highest BCUT2D eigenvalue weighted by atomic mass is 19.4. The molecular formula is C22H26F3NO3. The van der Waals surface area contributed by atoms with Crippen molar-refractivity contribution in [2.24, 2.45) is 5.92 Å². The number of nitrogens with zero attached hydrogens (tertiary/aromatic N) is 1. The lowest BCUT2D eigenvalue weighted by Crippen LogP contribution is -2.40. The Kier molecular flexibility index (Phi) is 5.38. The summed E-state index contributed by atoms with van der Waals surface area (Å²) in [6.07, 6.45) is -0.697. The molecule has 0 spiro atoms. The first-order valence-electron chi connectivity index (χ1n) is 10.1. The van der Waals surface area contributed by atoms with Gasteiger partial charge in [-0.25, -0.2) is 0 Å². The second-order valence-corrected chi connectivity index (χ2v) is 8.15. The molecule has 2 saturated heterocycles. The minimum absolute atomic E-state index is 0.0934. The summed E-state index contributed by atoms with van der Waals surface area (Å²) in [5.74, 6) is 1.08. The molecule has 3 atom stereocenters. The molecule has 1 N–H and O–H groups in total. The van der Waals surface area contributed by atoms with Crippen molar-refractivity contribution in [3.05, 3.63) is 41.2 Å². The Morgan fingerprint density at radius 1 is 1.21 bits per heavy atom. The van der Waals surface area contributed by atoms with Crippen LogP contribution in [-0.2, 0) is 6.18 Å². The summed E-state index contributed by atoms with van der Waals surface area (Å²) in [7, 11) is 1.33. The third kappa shape index (κ3) is 3.90. The quantitative estimate of drug-likeness (QED) is 0.755. The Bertz CT molecular complexity index is 877. The van der Waals surface area contributed by atoms with E-state index in [1.165, 1.54) is 26.0 Å². The number of halogens is 3. The van der Waals surface area contributed by atoms with Gasteiger partial charge in [-0.05, 0) is 69.0 Å². The van der Waals surface area contributed by atoms with Crippen molar-refractivity contribution >= 4 is 0 Å². The fourth-order valence-electron chi connectivity index (χ4n) is 4.73. The Morgan fingerprint density at radius 3 is 2.72 bits per heavy atom. The molecule has 4 rings (SSSR count). The molecule has 0 amide bonds. The van der Waals surface area contributed by atoms with Crippen LogP contribution in [0, 0.1) is 12.8 Å². The second kappa shape index (κ2) is 7.69. The largest absolute Gasteiger partial charge is 0.496 e. The van der Waals surface area contributed by atoms with Crippen molar-refractivity contribution in [3.63, 3.8) is 0 Å². The fourth-order valence-corrected chi connectivity index (χ4v) is 4.73. The smallest absolute Gasteiger partial charge is 0.416 e. The number of benzene rings is 1. The SMILES string of the molecule is COc1cc(C(F)(F)F)ccc1-c1oc(C(O)C2CCC3CCCN3C2)cc1C. The van der Waals surface area contributed by atoms with E-state index in [1.807, 2.05) is 6.92 Å². The van der Waals surface area contributed by atoms with Crippen LogP contribution in [0.15, 0.2) is 28.7 Å². The number of methoxy groups -OCH3 is 1. The third-order valence-electron chi connectivity index (χ3n) is 6.29. The molecular weight excluding hydrogens is 383 g/mol. The summed E-state index contributed by atoms with van der Waals surface area (Å²) in [6, 6.07) is 5.78. The van der Waals surface area contributed by atoms with Crippen molar-refractivity contribution in [2.45, 2.75) is 50.9 Å². The van der Waals surface area contributed by atoms with E-state index in [1.54, 1.807) is 6.07 Å². The number of fused-ring (bicyclic) bond motifs is 1. The molecule has 0 aliphatic carbocycles. The number of aliphatic hydroxyl groups excluding tert-OH is 1. The van der Waals surface area contributed by atoms with E-state index >= 15 is 0 Å². The summed E-state index contributed by atoms with van der Waals surface area (Å²) in [5, 5.41) is 10.9. The predicted octanol–water partition coefficient (Wildman–Crippen LogP) is 5.19. The molecule has 2 aromatic rings. The molecule has 1 aromatic carbocycles. The molecule has 2 fully saturated rings. The number of hydrogen-bond acceptors (Lipinski definition) is 4. The van der Waals surface area contributed by atoms with E-state index in [2.05, 4.69) is 4.90 Å². The van der Waals surface area contributed by atoms with Crippen LogP contribution in [0.3, 0.4) is 0 Å². The first kappa shape index (κ1) is 20.3. The van der Waals surface area contributed by atoms with Crippen LogP contribution < -0.4 is 4.74 Å². The summed E-state index contributed by atoms with van der Waals surface area (Å²) >= 11 is 0.